The molecule has 0 radical (unpaired) electrons. The fourth-order valence-electron chi connectivity index (χ4n) is 4.59. The normalized spacial score (nSPS) is 21.6. The van der Waals surface area contributed by atoms with E-state index in [0.717, 1.165) is 28.8 Å². The van der Waals surface area contributed by atoms with Gasteiger partial charge >= 0.3 is 0 Å². The number of carbonyl (C=O) groups is 2. The third kappa shape index (κ3) is 5.43. The molecule has 6 nitrogen and oxygen atoms in total. The average Bonchev–Trinajstić information content (AvgIpc) is 2.83. The van der Waals surface area contributed by atoms with E-state index in [-0.39, 0.29) is 17.7 Å². The molecule has 34 heavy (non-hydrogen) atoms. The van der Waals surface area contributed by atoms with Crippen molar-refractivity contribution in [3.05, 3.63) is 64.7 Å². The molecule has 1 aliphatic rings. The maximum absolute atomic E-state index is 13.7. The van der Waals surface area contributed by atoms with E-state index in [1.54, 1.807) is 35.2 Å². The molecule has 4 N–H and O–H groups in total. The van der Waals surface area contributed by atoms with E-state index in [1.807, 2.05) is 45.9 Å². The summed E-state index contributed by atoms with van der Waals surface area (Å²) in [6.07, 6.45) is 1.13. The Morgan fingerprint density at radius 1 is 1.24 bits per heavy atom. The van der Waals surface area contributed by atoms with Crippen molar-refractivity contribution in [2.24, 2.45) is 16.5 Å². The first-order valence-electron chi connectivity index (χ1n) is 11.6. The zero-order valence-electron chi connectivity index (χ0n) is 20.2. The van der Waals surface area contributed by atoms with Crippen LogP contribution in [0, 0.1) is 11.3 Å². The van der Waals surface area contributed by atoms with Crippen molar-refractivity contribution in [3.8, 4) is 0 Å². The Balaban J connectivity index is 1.80. The minimum absolute atomic E-state index is 0.0521. The maximum Gasteiger partial charge on any atom is 0.251 e. The fourth-order valence-corrected chi connectivity index (χ4v) is 5.06. The second-order valence-corrected chi connectivity index (χ2v) is 10.9. The number of likely N-dealkylation sites (tertiary alicyclic amines) is 1. The zero-order valence-corrected chi connectivity index (χ0v) is 21.7. The predicted molar refractivity (Wildman–Crippen MR) is 138 cm³/mol. The molecule has 3 rings (SSSR count). The lowest BCUT2D eigenvalue weighted by Gasteiger charge is -2.51. The average molecular weight is 504 g/mol. The van der Waals surface area contributed by atoms with Gasteiger partial charge in [0, 0.05) is 34.0 Å². The first-order valence-corrected chi connectivity index (χ1v) is 12.8. The summed E-state index contributed by atoms with van der Waals surface area (Å²) >= 11 is 7.11. The minimum Gasteiger partial charge on any atom is -0.384 e. The van der Waals surface area contributed by atoms with Gasteiger partial charge in [0.2, 0.25) is 5.91 Å². The van der Waals surface area contributed by atoms with Crippen LogP contribution in [0.2, 0.25) is 5.02 Å². The van der Waals surface area contributed by atoms with E-state index < -0.39 is 17.1 Å². The molecule has 8 heteroatoms. The van der Waals surface area contributed by atoms with Crippen molar-refractivity contribution < 1.29 is 14.7 Å². The maximum atomic E-state index is 13.7. The predicted octanol–water partition coefficient (Wildman–Crippen LogP) is 4.60. The highest BCUT2D eigenvalue weighted by atomic mass is 35.5. The molecule has 0 bridgehead atoms. The minimum atomic E-state index is -1.09. The van der Waals surface area contributed by atoms with Crippen LogP contribution in [0.15, 0.2) is 53.4 Å². The molecule has 0 saturated carbocycles. The van der Waals surface area contributed by atoms with E-state index in [2.05, 4.69) is 5.32 Å². The number of piperidine rings is 1. The van der Waals surface area contributed by atoms with Crippen molar-refractivity contribution in [3.63, 3.8) is 0 Å². The van der Waals surface area contributed by atoms with Crippen LogP contribution < -0.4 is 10.5 Å². The number of nitrogens with two attached hydrogens (primary N) is 1. The number of benzene rings is 2. The van der Waals surface area contributed by atoms with Gasteiger partial charge in [0.05, 0.1) is 5.60 Å². The molecule has 1 fully saturated rings. The molecular weight excluding hydrogens is 470 g/mol. The molecule has 2 aromatic carbocycles. The summed E-state index contributed by atoms with van der Waals surface area (Å²) in [6.45, 7) is 8.66. The van der Waals surface area contributed by atoms with Gasteiger partial charge in [0.15, 0.2) is 0 Å². The summed E-state index contributed by atoms with van der Waals surface area (Å²) < 4.78 is 0. The second kappa shape index (κ2) is 10.7. The highest BCUT2D eigenvalue weighted by molar-refractivity contribution is 7.97. The third-order valence-electron chi connectivity index (χ3n) is 7.08. The molecule has 0 aromatic heterocycles. The van der Waals surface area contributed by atoms with Crippen LogP contribution in [0.5, 0.6) is 0 Å². The van der Waals surface area contributed by atoms with Crippen LogP contribution in [0.4, 0.5) is 0 Å². The number of hydrogen-bond donors (Lipinski definition) is 3. The van der Waals surface area contributed by atoms with Gasteiger partial charge < -0.3 is 15.3 Å². The van der Waals surface area contributed by atoms with Gasteiger partial charge in [-0.15, -0.1) is 0 Å². The third-order valence-corrected chi connectivity index (χ3v) is 7.86. The standard InChI is InChI=1S/C26H34ClN3O3S/c1-5-17(2)22(29-23(31)18-7-6-8-21(15-18)34-28)24(32)30-14-13-26(33,25(3,4)16-30)19-9-11-20(27)12-10-19/h6-12,15,17,22,33H,5,13-14,16,28H2,1-4H3,(H,29,31)/t17-,22+,26-/m0/s1. The number of hydrogen-bond acceptors (Lipinski definition) is 5. The molecule has 0 spiro atoms. The number of halogens is 1. The van der Waals surface area contributed by atoms with Gasteiger partial charge in [0.1, 0.15) is 6.04 Å². The molecule has 3 atom stereocenters. The Bertz CT molecular complexity index is 1030. The number of amides is 2. The Morgan fingerprint density at radius 2 is 1.91 bits per heavy atom. The molecule has 0 unspecified atom stereocenters. The summed E-state index contributed by atoms with van der Waals surface area (Å²) in [6, 6.07) is 13.6. The lowest BCUT2D eigenvalue weighted by Crippen LogP contribution is -2.60. The highest BCUT2D eigenvalue weighted by Crippen LogP contribution is 2.46. The van der Waals surface area contributed by atoms with E-state index >= 15 is 0 Å². The Labute approximate surface area is 211 Å². The molecule has 1 saturated heterocycles. The number of carbonyl (C=O) groups excluding carboxylic acids is 2. The van der Waals surface area contributed by atoms with E-state index in [9.17, 15) is 14.7 Å². The molecule has 1 aliphatic heterocycles. The van der Waals surface area contributed by atoms with Crippen molar-refractivity contribution in [2.75, 3.05) is 13.1 Å². The second-order valence-electron chi connectivity index (χ2n) is 9.74. The van der Waals surface area contributed by atoms with Gasteiger partial charge in [0.25, 0.3) is 5.91 Å². The summed E-state index contributed by atoms with van der Waals surface area (Å²) in [5.41, 5.74) is -0.444. The molecule has 184 valence electrons. The highest BCUT2D eigenvalue weighted by Gasteiger charge is 2.50. The van der Waals surface area contributed by atoms with Gasteiger partial charge in [-0.2, -0.15) is 0 Å². The van der Waals surface area contributed by atoms with Crippen LogP contribution >= 0.6 is 23.5 Å². The summed E-state index contributed by atoms with van der Waals surface area (Å²) in [4.78, 5) is 29.2. The Morgan fingerprint density at radius 3 is 2.50 bits per heavy atom. The number of rotatable bonds is 7. The SMILES string of the molecule is CC[C@H](C)[C@@H](NC(=O)c1cccc(SN)c1)C(=O)N1CC[C@](O)(c2ccc(Cl)cc2)C(C)(C)C1. The van der Waals surface area contributed by atoms with Crippen molar-refractivity contribution >= 4 is 35.4 Å². The molecule has 0 aliphatic carbocycles. The Hall–Kier alpha value is -2.06. The Kier molecular flexibility index (Phi) is 8.34. The van der Waals surface area contributed by atoms with E-state index in [4.69, 9.17) is 16.7 Å². The smallest absolute Gasteiger partial charge is 0.251 e. The van der Waals surface area contributed by atoms with Crippen LogP contribution in [-0.2, 0) is 10.4 Å². The fraction of sp³-hybridized carbons (Fsp3) is 0.462. The van der Waals surface area contributed by atoms with Crippen LogP contribution in [0.3, 0.4) is 0 Å². The number of nitrogens with zero attached hydrogens (tertiary/aromatic N) is 1. The number of nitrogens with one attached hydrogen (secondary N) is 1. The molecule has 1 heterocycles. The van der Waals surface area contributed by atoms with Crippen molar-refractivity contribution in [2.45, 2.75) is 57.1 Å². The van der Waals surface area contributed by atoms with E-state index in [0.29, 0.717) is 30.1 Å². The van der Waals surface area contributed by atoms with E-state index in [1.165, 1.54) is 0 Å². The first-order chi connectivity index (χ1) is 16.0. The summed E-state index contributed by atoms with van der Waals surface area (Å²) in [7, 11) is 0. The number of aliphatic hydroxyl groups is 1. The van der Waals surface area contributed by atoms with Crippen molar-refractivity contribution in [1.82, 2.24) is 10.2 Å². The van der Waals surface area contributed by atoms with Gasteiger partial charge in [-0.1, -0.05) is 63.9 Å². The van der Waals surface area contributed by atoms with Crippen LogP contribution in [0.1, 0.15) is 56.5 Å². The lowest BCUT2D eigenvalue weighted by molar-refractivity contribution is -0.155. The summed E-state index contributed by atoms with van der Waals surface area (Å²) in [5, 5.41) is 20.8. The molecule has 2 amide bonds. The first kappa shape index (κ1) is 26.5. The molecule has 2 aromatic rings. The van der Waals surface area contributed by atoms with Crippen LogP contribution in [0.25, 0.3) is 0 Å². The van der Waals surface area contributed by atoms with Gasteiger partial charge in [-0.3, -0.25) is 14.7 Å². The quantitative estimate of drug-likeness (QED) is 0.480. The lowest BCUT2D eigenvalue weighted by atomic mass is 9.66. The van der Waals surface area contributed by atoms with Crippen LogP contribution in [-0.4, -0.2) is 41.0 Å². The zero-order chi connectivity index (χ0) is 25.1. The van der Waals surface area contributed by atoms with Gasteiger partial charge in [-0.05, 0) is 60.2 Å². The summed E-state index contributed by atoms with van der Waals surface area (Å²) in [5.74, 6) is -0.481. The largest absolute Gasteiger partial charge is 0.384 e. The van der Waals surface area contributed by atoms with Gasteiger partial charge in [-0.25, -0.2) is 0 Å². The molecular formula is C26H34ClN3O3S. The van der Waals surface area contributed by atoms with Crippen molar-refractivity contribution in [1.29, 1.82) is 0 Å². The monoisotopic (exact) mass is 503 g/mol. The topological polar surface area (TPSA) is 95.7 Å².